The summed E-state index contributed by atoms with van der Waals surface area (Å²) in [6.45, 7) is 1.86. The van der Waals surface area contributed by atoms with Gasteiger partial charge in [-0.05, 0) is 36.2 Å². The molecule has 3 rings (SSSR count). The van der Waals surface area contributed by atoms with Gasteiger partial charge < -0.3 is 4.90 Å². The predicted octanol–water partition coefficient (Wildman–Crippen LogP) is 2.91. The Morgan fingerprint density at radius 1 is 1.29 bits per heavy atom. The lowest BCUT2D eigenvalue weighted by atomic mass is 10.1. The Morgan fingerprint density at radius 2 is 2.05 bits per heavy atom. The van der Waals surface area contributed by atoms with Gasteiger partial charge in [0.15, 0.2) is 0 Å². The molecule has 0 saturated carbocycles. The van der Waals surface area contributed by atoms with Crippen LogP contribution in [0.25, 0.3) is 0 Å². The normalized spacial score (nSPS) is 13.8. The van der Waals surface area contributed by atoms with Gasteiger partial charge in [-0.3, -0.25) is 9.59 Å². The van der Waals surface area contributed by atoms with Gasteiger partial charge in [0.1, 0.15) is 11.0 Å². The highest BCUT2D eigenvalue weighted by atomic mass is 35.5. The minimum atomic E-state index is -0.686. The van der Waals surface area contributed by atoms with Gasteiger partial charge in [0, 0.05) is 6.20 Å². The summed E-state index contributed by atoms with van der Waals surface area (Å²) in [5.41, 5.74) is 1.85. The molecular weight excluding hydrogens is 295 g/mol. The summed E-state index contributed by atoms with van der Waals surface area (Å²) in [5, 5.41) is 0.348. The smallest absolute Gasteiger partial charge is 0.299 e. The van der Waals surface area contributed by atoms with Crippen molar-refractivity contribution in [2.45, 2.75) is 13.5 Å². The van der Waals surface area contributed by atoms with Gasteiger partial charge in [-0.2, -0.15) is 0 Å². The molecular formula is C15H10ClFN2O2. The van der Waals surface area contributed by atoms with E-state index < -0.39 is 17.5 Å². The number of aromatic nitrogens is 1. The zero-order chi connectivity index (χ0) is 15.1. The molecule has 0 fully saturated rings. The third-order valence-corrected chi connectivity index (χ3v) is 3.57. The number of pyridine rings is 1. The van der Waals surface area contributed by atoms with Crippen molar-refractivity contribution in [3.8, 4) is 0 Å². The summed E-state index contributed by atoms with van der Waals surface area (Å²) in [5.74, 6) is -1.87. The Bertz CT molecular complexity index is 759. The summed E-state index contributed by atoms with van der Waals surface area (Å²) in [6.07, 6.45) is 1.54. The number of carbonyl (C=O) groups is 2. The molecule has 0 atom stereocenters. The number of halogens is 2. The molecule has 0 radical (unpaired) electrons. The first-order valence-corrected chi connectivity index (χ1v) is 6.62. The molecule has 0 spiro atoms. The molecule has 1 aliphatic heterocycles. The van der Waals surface area contributed by atoms with E-state index in [1.54, 1.807) is 19.1 Å². The Balaban J connectivity index is 2.03. The fourth-order valence-electron chi connectivity index (χ4n) is 2.44. The van der Waals surface area contributed by atoms with Crippen molar-refractivity contribution in [3.05, 3.63) is 58.1 Å². The molecule has 1 aliphatic rings. The van der Waals surface area contributed by atoms with Crippen LogP contribution in [-0.2, 0) is 11.3 Å². The number of amides is 1. The van der Waals surface area contributed by atoms with Crippen molar-refractivity contribution in [2.75, 3.05) is 4.90 Å². The minimum Gasteiger partial charge on any atom is -0.300 e. The van der Waals surface area contributed by atoms with Crippen LogP contribution in [0.4, 0.5) is 10.1 Å². The number of rotatable bonds is 2. The van der Waals surface area contributed by atoms with Gasteiger partial charge in [-0.15, -0.1) is 0 Å². The molecule has 4 nitrogen and oxygen atoms in total. The van der Waals surface area contributed by atoms with Crippen molar-refractivity contribution in [1.29, 1.82) is 0 Å². The lowest BCUT2D eigenvalue weighted by Crippen LogP contribution is -2.29. The zero-order valence-electron chi connectivity index (χ0n) is 11.1. The third-order valence-electron chi connectivity index (χ3n) is 3.35. The lowest BCUT2D eigenvalue weighted by Gasteiger charge is -2.18. The maximum Gasteiger partial charge on any atom is 0.299 e. The molecule has 0 bridgehead atoms. The molecule has 2 heterocycles. The van der Waals surface area contributed by atoms with Gasteiger partial charge in [0.05, 0.1) is 17.8 Å². The first kappa shape index (κ1) is 13.7. The predicted molar refractivity (Wildman–Crippen MR) is 75.9 cm³/mol. The molecule has 1 aromatic carbocycles. The Labute approximate surface area is 125 Å². The molecule has 1 aromatic heterocycles. The van der Waals surface area contributed by atoms with E-state index in [4.69, 9.17) is 11.6 Å². The van der Waals surface area contributed by atoms with E-state index in [0.717, 1.165) is 11.6 Å². The molecule has 0 N–H and O–H groups in total. The van der Waals surface area contributed by atoms with Crippen molar-refractivity contribution in [2.24, 2.45) is 0 Å². The van der Waals surface area contributed by atoms with Crippen molar-refractivity contribution in [3.63, 3.8) is 0 Å². The highest BCUT2D eigenvalue weighted by molar-refractivity contribution is 6.52. The minimum absolute atomic E-state index is 0.111. The van der Waals surface area contributed by atoms with E-state index in [1.165, 1.54) is 17.2 Å². The average molecular weight is 305 g/mol. The SMILES string of the molecule is Cc1cc(F)cc2c1N(Cc1ccc(Cl)nc1)C(=O)C2=O. The van der Waals surface area contributed by atoms with Gasteiger partial charge >= 0.3 is 0 Å². The number of ketones is 1. The summed E-state index contributed by atoms with van der Waals surface area (Å²) in [4.78, 5) is 29.4. The van der Waals surface area contributed by atoms with Crippen molar-refractivity contribution >= 4 is 29.0 Å². The molecule has 106 valence electrons. The second kappa shape index (κ2) is 4.93. The molecule has 0 aliphatic carbocycles. The van der Waals surface area contributed by atoms with Crippen LogP contribution in [-0.4, -0.2) is 16.7 Å². The maximum absolute atomic E-state index is 13.4. The van der Waals surface area contributed by atoms with E-state index in [-0.39, 0.29) is 12.1 Å². The first-order valence-electron chi connectivity index (χ1n) is 6.24. The quantitative estimate of drug-likeness (QED) is 0.633. The Kier molecular flexibility index (Phi) is 3.22. The van der Waals surface area contributed by atoms with E-state index in [9.17, 15) is 14.0 Å². The standard InChI is InChI=1S/C15H10ClFN2O2/c1-8-4-10(17)5-11-13(8)19(15(21)14(11)20)7-9-2-3-12(16)18-6-9/h2-6H,7H2,1H3. The molecule has 0 saturated heterocycles. The van der Waals surface area contributed by atoms with E-state index >= 15 is 0 Å². The molecule has 2 aromatic rings. The Hall–Kier alpha value is -2.27. The van der Waals surface area contributed by atoms with Gasteiger partial charge in [0.2, 0.25) is 0 Å². The summed E-state index contributed by atoms with van der Waals surface area (Å²) in [7, 11) is 0. The van der Waals surface area contributed by atoms with Crippen LogP contribution in [0.1, 0.15) is 21.5 Å². The maximum atomic E-state index is 13.4. The van der Waals surface area contributed by atoms with Crippen LogP contribution in [0.3, 0.4) is 0 Å². The van der Waals surface area contributed by atoms with Crippen LogP contribution in [0.15, 0.2) is 30.5 Å². The highest BCUT2D eigenvalue weighted by Gasteiger charge is 2.37. The Morgan fingerprint density at radius 3 is 2.71 bits per heavy atom. The number of Topliss-reactive ketones (excluding diaryl/α,β-unsaturated/α-hetero) is 1. The van der Waals surface area contributed by atoms with Gasteiger partial charge in [-0.25, -0.2) is 9.37 Å². The number of carbonyl (C=O) groups excluding carboxylic acids is 2. The third kappa shape index (κ3) is 2.29. The van der Waals surface area contributed by atoms with Crippen LogP contribution < -0.4 is 4.90 Å². The molecule has 6 heteroatoms. The molecule has 21 heavy (non-hydrogen) atoms. The van der Waals surface area contributed by atoms with E-state index in [1.807, 2.05) is 0 Å². The first-order chi connectivity index (χ1) is 9.97. The van der Waals surface area contributed by atoms with Gasteiger partial charge in [0.25, 0.3) is 11.7 Å². The number of anilines is 1. The molecule has 0 unspecified atom stereocenters. The summed E-state index contributed by atoms with van der Waals surface area (Å²) < 4.78 is 13.4. The lowest BCUT2D eigenvalue weighted by molar-refractivity contribution is -0.114. The topological polar surface area (TPSA) is 50.3 Å². The fraction of sp³-hybridized carbons (Fsp3) is 0.133. The van der Waals surface area contributed by atoms with Crippen molar-refractivity contribution in [1.82, 2.24) is 4.98 Å². The largest absolute Gasteiger partial charge is 0.300 e. The number of fused-ring (bicyclic) bond motifs is 1. The van der Waals surface area contributed by atoms with E-state index in [0.29, 0.717) is 16.4 Å². The highest BCUT2D eigenvalue weighted by Crippen LogP contribution is 2.34. The average Bonchev–Trinajstić information content (AvgIpc) is 2.67. The number of benzene rings is 1. The zero-order valence-corrected chi connectivity index (χ0v) is 11.8. The number of aryl methyl sites for hydroxylation is 1. The van der Waals surface area contributed by atoms with Gasteiger partial charge in [-0.1, -0.05) is 17.7 Å². The number of hydrogen-bond donors (Lipinski definition) is 0. The van der Waals surface area contributed by atoms with Crippen molar-refractivity contribution < 1.29 is 14.0 Å². The van der Waals surface area contributed by atoms with E-state index in [2.05, 4.69) is 4.98 Å². The van der Waals surface area contributed by atoms with Crippen LogP contribution in [0.2, 0.25) is 5.15 Å². The number of hydrogen-bond acceptors (Lipinski definition) is 3. The van der Waals surface area contributed by atoms with Crippen LogP contribution >= 0.6 is 11.6 Å². The monoisotopic (exact) mass is 304 g/mol. The summed E-state index contributed by atoms with van der Waals surface area (Å²) >= 11 is 5.72. The summed E-state index contributed by atoms with van der Waals surface area (Å²) in [6, 6.07) is 5.74. The second-order valence-corrected chi connectivity index (χ2v) is 5.22. The fourth-order valence-corrected chi connectivity index (χ4v) is 2.55. The molecule has 1 amide bonds. The number of nitrogens with zero attached hydrogens (tertiary/aromatic N) is 2. The van der Waals surface area contributed by atoms with Crippen LogP contribution in [0.5, 0.6) is 0 Å². The second-order valence-electron chi connectivity index (χ2n) is 4.83. The van der Waals surface area contributed by atoms with Crippen LogP contribution in [0, 0.1) is 12.7 Å².